The molecule has 0 bridgehead atoms. The standard InChI is InChI=1S/C20H26N4O2/c1-2-21-20(22-10-6-11-25-15-18-8-5-12-26-18)23-14-17-13-16-7-3-4-9-19(16)24-17/h3-5,7-9,12-13,24H,2,6,10-11,14-15H2,1H3,(H2,21,22,23). The summed E-state index contributed by atoms with van der Waals surface area (Å²) in [6.45, 7) is 5.49. The van der Waals surface area contributed by atoms with E-state index >= 15 is 0 Å². The maximum absolute atomic E-state index is 5.58. The summed E-state index contributed by atoms with van der Waals surface area (Å²) in [6, 6.07) is 14.2. The SMILES string of the molecule is CCNC(=NCc1cc2ccccc2[nH]1)NCCCOCc1ccco1. The summed E-state index contributed by atoms with van der Waals surface area (Å²) >= 11 is 0. The number of benzene rings is 1. The lowest BCUT2D eigenvalue weighted by atomic mass is 10.2. The average molecular weight is 354 g/mol. The third-order valence-corrected chi connectivity index (χ3v) is 3.92. The van der Waals surface area contributed by atoms with Gasteiger partial charge in [0.25, 0.3) is 0 Å². The first-order valence-corrected chi connectivity index (χ1v) is 9.04. The van der Waals surface area contributed by atoms with Crippen molar-refractivity contribution in [1.82, 2.24) is 15.6 Å². The molecule has 0 atom stereocenters. The number of nitrogens with one attached hydrogen (secondary N) is 3. The lowest BCUT2D eigenvalue weighted by Crippen LogP contribution is -2.38. The highest BCUT2D eigenvalue weighted by molar-refractivity contribution is 5.81. The first-order chi connectivity index (χ1) is 12.8. The number of aliphatic imine (C=N–C) groups is 1. The number of hydrogen-bond acceptors (Lipinski definition) is 3. The van der Waals surface area contributed by atoms with Gasteiger partial charge in [0.05, 0.1) is 12.8 Å². The first-order valence-electron chi connectivity index (χ1n) is 9.04. The monoisotopic (exact) mass is 354 g/mol. The van der Waals surface area contributed by atoms with Crippen molar-refractivity contribution in [3.05, 3.63) is 60.2 Å². The van der Waals surface area contributed by atoms with Gasteiger partial charge in [-0.2, -0.15) is 0 Å². The summed E-state index contributed by atoms with van der Waals surface area (Å²) in [4.78, 5) is 8.04. The van der Waals surface area contributed by atoms with Crippen molar-refractivity contribution < 1.29 is 9.15 Å². The fraction of sp³-hybridized carbons (Fsp3) is 0.350. The van der Waals surface area contributed by atoms with Crippen LogP contribution in [0.3, 0.4) is 0 Å². The molecule has 0 amide bonds. The second-order valence-corrected chi connectivity index (χ2v) is 5.99. The zero-order valence-electron chi connectivity index (χ0n) is 15.1. The van der Waals surface area contributed by atoms with Crippen molar-refractivity contribution in [2.75, 3.05) is 19.7 Å². The topological polar surface area (TPSA) is 74.6 Å². The lowest BCUT2D eigenvalue weighted by molar-refractivity contribution is 0.105. The van der Waals surface area contributed by atoms with E-state index in [-0.39, 0.29) is 0 Å². The largest absolute Gasteiger partial charge is 0.467 e. The molecule has 3 aromatic rings. The van der Waals surface area contributed by atoms with Gasteiger partial charge in [0.2, 0.25) is 0 Å². The number of para-hydroxylation sites is 1. The van der Waals surface area contributed by atoms with E-state index in [9.17, 15) is 0 Å². The Balaban J connectivity index is 1.41. The van der Waals surface area contributed by atoms with Crippen LogP contribution in [0.2, 0.25) is 0 Å². The Bertz CT molecular complexity index is 775. The maximum Gasteiger partial charge on any atom is 0.191 e. The Morgan fingerprint density at radius 1 is 1.19 bits per heavy atom. The van der Waals surface area contributed by atoms with Crippen LogP contribution in [0.4, 0.5) is 0 Å². The third kappa shape index (κ3) is 5.39. The van der Waals surface area contributed by atoms with Crippen LogP contribution in [-0.4, -0.2) is 30.6 Å². The maximum atomic E-state index is 5.58. The molecule has 0 radical (unpaired) electrons. The number of nitrogens with zero attached hydrogens (tertiary/aromatic N) is 1. The predicted molar refractivity (Wildman–Crippen MR) is 104 cm³/mol. The molecular weight excluding hydrogens is 328 g/mol. The van der Waals surface area contributed by atoms with Crippen LogP contribution < -0.4 is 10.6 Å². The number of fused-ring (bicyclic) bond motifs is 1. The molecule has 26 heavy (non-hydrogen) atoms. The van der Waals surface area contributed by atoms with E-state index in [0.29, 0.717) is 19.8 Å². The molecule has 0 saturated carbocycles. The van der Waals surface area contributed by atoms with Gasteiger partial charge < -0.3 is 24.8 Å². The molecule has 0 saturated heterocycles. The molecule has 0 fully saturated rings. The van der Waals surface area contributed by atoms with Gasteiger partial charge in [-0.1, -0.05) is 18.2 Å². The molecule has 3 rings (SSSR count). The second kappa shape index (κ2) is 9.68. The fourth-order valence-electron chi connectivity index (χ4n) is 2.67. The minimum Gasteiger partial charge on any atom is -0.467 e. The van der Waals surface area contributed by atoms with Gasteiger partial charge in [0.15, 0.2) is 5.96 Å². The summed E-state index contributed by atoms with van der Waals surface area (Å²) in [5.41, 5.74) is 2.24. The molecular formula is C20H26N4O2. The summed E-state index contributed by atoms with van der Waals surface area (Å²) in [5.74, 6) is 1.67. The Kier molecular flexibility index (Phi) is 6.73. The van der Waals surface area contributed by atoms with Crippen LogP contribution >= 0.6 is 0 Å². The molecule has 1 aromatic carbocycles. The fourth-order valence-corrected chi connectivity index (χ4v) is 2.67. The van der Waals surface area contributed by atoms with E-state index < -0.39 is 0 Å². The molecule has 0 spiro atoms. The van der Waals surface area contributed by atoms with E-state index in [2.05, 4.69) is 45.7 Å². The highest BCUT2D eigenvalue weighted by atomic mass is 16.5. The van der Waals surface area contributed by atoms with Crippen LogP contribution in [0.1, 0.15) is 24.8 Å². The van der Waals surface area contributed by atoms with Crippen molar-refractivity contribution in [3.8, 4) is 0 Å². The van der Waals surface area contributed by atoms with Gasteiger partial charge in [-0.15, -0.1) is 0 Å². The van der Waals surface area contributed by atoms with E-state index in [1.807, 2.05) is 24.3 Å². The van der Waals surface area contributed by atoms with Gasteiger partial charge >= 0.3 is 0 Å². The second-order valence-electron chi connectivity index (χ2n) is 5.99. The van der Waals surface area contributed by atoms with Gasteiger partial charge in [0, 0.05) is 30.9 Å². The molecule has 0 unspecified atom stereocenters. The average Bonchev–Trinajstić information content (AvgIpc) is 3.31. The summed E-state index contributed by atoms with van der Waals surface area (Å²) < 4.78 is 10.8. The molecule has 3 N–H and O–H groups in total. The highest BCUT2D eigenvalue weighted by Crippen LogP contribution is 2.15. The quantitative estimate of drug-likeness (QED) is 0.313. The van der Waals surface area contributed by atoms with E-state index in [4.69, 9.17) is 9.15 Å². The van der Waals surface area contributed by atoms with Gasteiger partial charge in [0.1, 0.15) is 12.4 Å². The molecule has 6 nitrogen and oxygen atoms in total. The third-order valence-electron chi connectivity index (χ3n) is 3.92. The number of H-pyrrole nitrogens is 1. The predicted octanol–water partition coefficient (Wildman–Crippen LogP) is 3.42. The van der Waals surface area contributed by atoms with Crippen LogP contribution in [0.5, 0.6) is 0 Å². The minimum atomic E-state index is 0.515. The van der Waals surface area contributed by atoms with Gasteiger partial charge in [-0.3, -0.25) is 0 Å². The van der Waals surface area contributed by atoms with Crippen LogP contribution in [-0.2, 0) is 17.9 Å². The van der Waals surface area contributed by atoms with E-state index in [0.717, 1.165) is 42.4 Å². The number of aromatic nitrogens is 1. The van der Waals surface area contributed by atoms with Crippen LogP contribution in [0, 0.1) is 0 Å². The number of hydrogen-bond donors (Lipinski definition) is 3. The lowest BCUT2D eigenvalue weighted by Gasteiger charge is -2.11. The van der Waals surface area contributed by atoms with E-state index in [1.165, 1.54) is 5.39 Å². The molecule has 0 aliphatic carbocycles. The number of aromatic amines is 1. The molecule has 2 aromatic heterocycles. The van der Waals surface area contributed by atoms with Crippen molar-refractivity contribution in [3.63, 3.8) is 0 Å². The van der Waals surface area contributed by atoms with Crippen molar-refractivity contribution in [2.45, 2.75) is 26.5 Å². The normalized spacial score (nSPS) is 11.8. The number of rotatable bonds is 9. The van der Waals surface area contributed by atoms with Crippen molar-refractivity contribution in [1.29, 1.82) is 0 Å². The highest BCUT2D eigenvalue weighted by Gasteiger charge is 2.01. The minimum absolute atomic E-state index is 0.515. The van der Waals surface area contributed by atoms with Crippen LogP contribution in [0.15, 0.2) is 58.1 Å². The zero-order chi connectivity index (χ0) is 18.0. The van der Waals surface area contributed by atoms with Crippen molar-refractivity contribution >= 4 is 16.9 Å². The molecule has 2 heterocycles. The smallest absolute Gasteiger partial charge is 0.191 e. The summed E-state index contributed by atoms with van der Waals surface area (Å²) in [7, 11) is 0. The summed E-state index contributed by atoms with van der Waals surface area (Å²) in [6.07, 6.45) is 2.56. The Hall–Kier alpha value is -2.73. The molecule has 138 valence electrons. The zero-order valence-corrected chi connectivity index (χ0v) is 15.1. The Labute approximate surface area is 153 Å². The number of guanidine groups is 1. The molecule has 6 heteroatoms. The first kappa shape index (κ1) is 18.1. The Morgan fingerprint density at radius 3 is 2.92 bits per heavy atom. The van der Waals surface area contributed by atoms with Crippen molar-refractivity contribution in [2.24, 2.45) is 4.99 Å². The van der Waals surface area contributed by atoms with Gasteiger partial charge in [-0.05, 0) is 43.0 Å². The summed E-state index contributed by atoms with van der Waals surface area (Å²) in [5, 5.41) is 7.82. The van der Waals surface area contributed by atoms with Crippen LogP contribution in [0.25, 0.3) is 10.9 Å². The van der Waals surface area contributed by atoms with Gasteiger partial charge in [-0.25, -0.2) is 4.99 Å². The Morgan fingerprint density at radius 2 is 2.12 bits per heavy atom. The molecule has 0 aliphatic rings. The number of ether oxygens (including phenoxy) is 1. The molecule has 0 aliphatic heterocycles. The van der Waals surface area contributed by atoms with E-state index in [1.54, 1.807) is 6.26 Å². The number of furan rings is 1.